The van der Waals surface area contributed by atoms with Crippen LogP contribution in [0.5, 0.6) is 17.4 Å². The highest BCUT2D eigenvalue weighted by atomic mass is 79.9. The number of rotatable bonds is 4. The lowest BCUT2D eigenvalue weighted by molar-refractivity contribution is 0.135. The van der Waals surface area contributed by atoms with Gasteiger partial charge in [-0.3, -0.25) is 0 Å². The minimum absolute atomic E-state index is 0.277. The second kappa shape index (κ2) is 7.99. The summed E-state index contributed by atoms with van der Waals surface area (Å²) < 4.78 is 12.9. The molecule has 2 amide bonds. The molecule has 4 rings (SSSR count). The standard InChI is InChI=1S/C23H22BrN3O3/c1-14-7-9-17(10-8-14)26-22(28)27-18-11-16(24)13-25-21(18)29-19-6-4-5-15-12-23(2,3)30-20(15)19/h4-11,13H,12H2,1-3H3,(H2,26,27,28). The molecule has 7 heteroatoms. The van der Waals surface area contributed by atoms with E-state index in [-0.39, 0.29) is 17.5 Å². The summed E-state index contributed by atoms with van der Waals surface area (Å²) >= 11 is 3.40. The van der Waals surface area contributed by atoms with E-state index >= 15 is 0 Å². The van der Waals surface area contributed by atoms with Gasteiger partial charge in [-0.1, -0.05) is 29.8 Å². The van der Waals surface area contributed by atoms with Crippen molar-refractivity contribution in [3.63, 3.8) is 0 Å². The number of carbonyl (C=O) groups is 1. The van der Waals surface area contributed by atoms with E-state index in [0.717, 1.165) is 22.0 Å². The first kappa shape index (κ1) is 20.2. The average molecular weight is 468 g/mol. The van der Waals surface area contributed by atoms with Gasteiger partial charge in [0.15, 0.2) is 11.5 Å². The van der Waals surface area contributed by atoms with Crippen molar-refractivity contribution in [2.45, 2.75) is 32.8 Å². The Morgan fingerprint density at radius 3 is 2.70 bits per heavy atom. The number of anilines is 2. The summed E-state index contributed by atoms with van der Waals surface area (Å²) in [5, 5.41) is 5.62. The first-order valence-corrected chi connectivity index (χ1v) is 10.4. The molecule has 0 fully saturated rings. The van der Waals surface area contributed by atoms with Crippen LogP contribution in [0.15, 0.2) is 59.2 Å². The Kier molecular flexibility index (Phi) is 5.39. The molecule has 0 saturated carbocycles. The summed E-state index contributed by atoms with van der Waals surface area (Å²) in [6, 6.07) is 14.7. The van der Waals surface area contributed by atoms with Crippen molar-refractivity contribution < 1.29 is 14.3 Å². The van der Waals surface area contributed by atoms with Crippen LogP contribution in [0.25, 0.3) is 0 Å². The van der Waals surface area contributed by atoms with Crippen molar-refractivity contribution in [3.05, 3.63) is 70.3 Å². The molecule has 30 heavy (non-hydrogen) atoms. The van der Waals surface area contributed by atoms with Crippen molar-refractivity contribution in [2.75, 3.05) is 10.6 Å². The number of pyridine rings is 1. The van der Waals surface area contributed by atoms with Crippen LogP contribution in [-0.2, 0) is 6.42 Å². The summed E-state index contributed by atoms with van der Waals surface area (Å²) in [7, 11) is 0. The molecule has 2 heterocycles. The number of benzene rings is 2. The zero-order chi connectivity index (χ0) is 21.3. The largest absolute Gasteiger partial charge is 0.483 e. The zero-order valence-corrected chi connectivity index (χ0v) is 18.5. The third kappa shape index (κ3) is 4.57. The number of amides is 2. The molecule has 0 atom stereocenters. The highest BCUT2D eigenvalue weighted by Crippen LogP contribution is 2.44. The van der Waals surface area contributed by atoms with Crippen molar-refractivity contribution in [2.24, 2.45) is 0 Å². The van der Waals surface area contributed by atoms with E-state index in [1.165, 1.54) is 0 Å². The number of nitrogens with zero attached hydrogens (tertiary/aromatic N) is 1. The van der Waals surface area contributed by atoms with E-state index < -0.39 is 0 Å². The van der Waals surface area contributed by atoms with E-state index in [1.807, 2.05) is 63.2 Å². The van der Waals surface area contributed by atoms with Gasteiger partial charge in [0.2, 0.25) is 5.88 Å². The number of urea groups is 1. The van der Waals surface area contributed by atoms with E-state index in [9.17, 15) is 4.79 Å². The summed E-state index contributed by atoms with van der Waals surface area (Å²) in [6.07, 6.45) is 2.42. The maximum Gasteiger partial charge on any atom is 0.323 e. The normalized spacial score (nSPS) is 13.9. The van der Waals surface area contributed by atoms with Gasteiger partial charge in [-0.15, -0.1) is 0 Å². The number of carbonyl (C=O) groups excluding carboxylic acids is 1. The molecule has 2 N–H and O–H groups in total. The lowest BCUT2D eigenvalue weighted by atomic mass is 10.0. The van der Waals surface area contributed by atoms with E-state index in [0.29, 0.717) is 22.9 Å². The fraction of sp³-hybridized carbons (Fsp3) is 0.217. The lowest BCUT2D eigenvalue weighted by Gasteiger charge is -2.18. The summed E-state index contributed by atoms with van der Waals surface area (Å²) in [5.74, 6) is 1.55. The number of hydrogen-bond donors (Lipinski definition) is 2. The van der Waals surface area contributed by atoms with Gasteiger partial charge in [-0.05, 0) is 61.0 Å². The predicted octanol–water partition coefficient (Wildman–Crippen LogP) is 6.30. The molecule has 1 aliphatic rings. The van der Waals surface area contributed by atoms with Gasteiger partial charge in [0.05, 0.1) is 0 Å². The Balaban J connectivity index is 1.56. The van der Waals surface area contributed by atoms with Crippen LogP contribution >= 0.6 is 15.9 Å². The van der Waals surface area contributed by atoms with Crippen LogP contribution < -0.4 is 20.1 Å². The van der Waals surface area contributed by atoms with Crippen LogP contribution in [0.1, 0.15) is 25.0 Å². The van der Waals surface area contributed by atoms with Crippen LogP contribution in [0.3, 0.4) is 0 Å². The topological polar surface area (TPSA) is 72.5 Å². The van der Waals surface area contributed by atoms with E-state index in [4.69, 9.17) is 9.47 Å². The molecule has 0 unspecified atom stereocenters. The van der Waals surface area contributed by atoms with Crippen molar-refractivity contribution in [1.29, 1.82) is 0 Å². The number of aryl methyl sites for hydroxylation is 1. The van der Waals surface area contributed by atoms with Crippen LogP contribution in [-0.4, -0.2) is 16.6 Å². The lowest BCUT2D eigenvalue weighted by Crippen LogP contribution is -2.24. The molecule has 154 valence electrons. The fourth-order valence-corrected chi connectivity index (χ4v) is 3.62. The number of para-hydroxylation sites is 1. The van der Waals surface area contributed by atoms with Crippen LogP contribution in [0.2, 0.25) is 0 Å². The van der Waals surface area contributed by atoms with E-state index in [2.05, 4.69) is 31.5 Å². The Hall–Kier alpha value is -3.06. The number of aromatic nitrogens is 1. The van der Waals surface area contributed by atoms with Gasteiger partial charge in [-0.2, -0.15) is 0 Å². The van der Waals surface area contributed by atoms with Gasteiger partial charge in [0.1, 0.15) is 11.3 Å². The van der Waals surface area contributed by atoms with Crippen molar-refractivity contribution >= 4 is 33.3 Å². The van der Waals surface area contributed by atoms with Gasteiger partial charge >= 0.3 is 6.03 Å². The molecule has 0 aliphatic carbocycles. The monoisotopic (exact) mass is 467 g/mol. The van der Waals surface area contributed by atoms with Crippen LogP contribution in [0.4, 0.5) is 16.2 Å². The maximum absolute atomic E-state index is 12.5. The highest BCUT2D eigenvalue weighted by Gasteiger charge is 2.32. The van der Waals surface area contributed by atoms with Gasteiger partial charge in [0.25, 0.3) is 0 Å². The molecule has 0 saturated heterocycles. The van der Waals surface area contributed by atoms with Gasteiger partial charge < -0.3 is 20.1 Å². The summed E-state index contributed by atoms with van der Waals surface area (Å²) in [6.45, 7) is 6.07. The van der Waals surface area contributed by atoms with Gasteiger partial charge in [0, 0.05) is 28.3 Å². The first-order chi connectivity index (χ1) is 14.3. The second-order valence-electron chi connectivity index (χ2n) is 7.84. The Morgan fingerprint density at radius 1 is 1.17 bits per heavy atom. The van der Waals surface area contributed by atoms with Crippen molar-refractivity contribution in [3.8, 4) is 17.4 Å². The SMILES string of the molecule is Cc1ccc(NC(=O)Nc2cc(Br)cnc2Oc2cccc3c2OC(C)(C)C3)cc1. The molecule has 1 aliphatic heterocycles. The molecule has 3 aromatic rings. The highest BCUT2D eigenvalue weighted by molar-refractivity contribution is 9.10. The molecule has 0 radical (unpaired) electrons. The van der Waals surface area contributed by atoms with E-state index in [1.54, 1.807) is 12.3 Å². The zero-order valence-electron chi connectivity index (χ0n) is 17.0. The van der Waals surface area contributed by atoms with Gasteiger partial charge in [-0.25, -0.2) is 9.78 Å². The number of nitrogens with one attached hydrogen (secondary N) is 2. The number of ether oxygens (including phenoxy) is 2. The Bertz CT molecular complexity index is 1100. The summed E-state index contributed by atoms with van der Waals surface area (Å²) in [4.78, 5) is 16.8. The number of fused-ring (bicyclic) bond motifs is 1. The molecular formula is C23H22BrN3O3. The summed E-state index contributed by atoms with van der Waals surface area (Å²) in [5.41, 5.74) is 3.04. The Morgan fingerprint density at radius 2 is 1.93 bits per heavy atom. The maximum atomic E-state index is 12.5. The quantitative estimate of drug-likeness (QED) is 0.471. The molecule has 0 spiro atoms. The fourth-order valence-electron chi connectivity index (χ4n) is 3.29. The second-order valence-corrected chi connectivity index (χ2v) is 8.75. The first-order valence-electron chi connectivity index (χ1n) is 9.58. The molecular weight excluding hydrogens is 446 g/mol. The predicted molar refractivity (Wildman–Crippen MR) is 121 cm³/mol. The average Bonchev–Trinajstić information content (AvgIpc) is 3.00. The molecule has 2 aromatic carbocycles. The minimum Gasteiger partial charge on any atom is -0.483 e. The third-order valence-corrected chi connectivity index (χ3v) is 5.07. The smallest absolute Gasteiger partial charge is 0.323 e. The number of halogens is 1. The molecule has 1 aromatic heterocycles. The molecule has 6 nitrogen and oxygen atoms in total. The minimum atomic E-state index is -0.390. The van der Waals surface area contributed by atoms with Crippen molar-refractivity contribution in [1.82, 2.24) is 4.98 Å². The number of hydrogen-bond acceptors (Lipinski definition) is 4. The van der Waals surface area contributed by atoms with Crippen LogP contribution in [0, 0.1) is 6.92 Å². The third-order valence-electron chi connectivity index (χ3n) is 4.64. The Labute approximate surface area is 183 Å². The molecule has 0 bridgehead atoms.